The zero-order valence-electron chi connectivity index (χ0n) is 15.0. The lowest BCUT2D eigenvalue weighted by Crippen LogP contribution is -2.42. The third kappa shape index (κ3) is 5.30. The van der Waals surface area contributed by atoms with Gasteiger partial charge in [-0.15, -0.1) is 0 Å². The largest absolute Gasteiger partial charge is 0.441 e. The molecule has 0 aromatic heterocycles. The Morgan fingerprint density at radius 3 is 2.88 bits per heavy atom. The van der Waals surface area contributed by atoms with Crippen molar-refractivity contribution in [2.45, 2.75) is 37.0 Å². The van der Waals surface area contributed by atoms with Gasteiger partial charge in [-0.1, -0.05) is 30.3 Å². The molecule has 0 unspecified atom stereocenters. The number of ether oxygens (including phenoxy) is 1. The number of alkyl carbamates (subject to hydrolysis) is 1. The molecule has 6 nitrogen and oxygen atoms in total. The molecule has 3 amide bonds. The maximum absolute atomic E-state index is 12.4. The number of likely N-dealkylation sites (tertiary alicyclic amines) is 1. The van der Waals surface area contributed by atoms with Crippen LogP contribution < -0.4 is 10.6 Å². The van der Waals surface area contributed by atoms with Crippen molar-refractivity contribution in [3.8, 4) is 0 Å². The lowest BCUT2D eigenvalue weighted by molar-refractivity contribution is 0.0453. The van der Waals surface area contributed by atoms with Crippen LogP contribution in [0.15, 0.2) is 30.3 Å². The predicted octanol–water partition coefficient (Wildman–Crippen LogP) is 2.98. The number of hydrogen-bond acceptors (Lipinski definition) is 4. The molecule has 2 N–H and O–H groups in total. The van der Waals surface area contributed by atoms with Crippen molar-refractivity contribution in [2.24, 2.45) is 0 Å². The second-order valence-corrected chi connectivity index (χ2v) is 8.00. The third-order valence-electron chi connectivity index (χ3n) is 4.90. The summed E-state index contributed by atoms with van der Waals surface area (Å²) < 4.78 is 5.45. The Morgan fingerprint density at radius 2 is 2.12 bits per heavy atom. The van der Waals surface area contributed by atoms with E-state index in [4.69, 9.17) is 4.74 Å². The Hall–Kier alpha value is -1.89. The number of rotatable bonds is 6. The SMILES string of the molecule is O=C1NC[C@]2(CCCN(C(=O)NCCCSCc3ccccc3)CC2)O1. The van der Waals surface area contributed by atoms with E-state index in [0.717, 1.165) is 30.8 Å². The van der Waals surface area contributed by atoms with E-state index in [1.807, 2.05) is 22.7 Å². The number of amides is 3. The number of carbonyl (C=O) groups is 2. The van der Waals surface area contributed by atoms with Gasteiger partial charge in [-0.3, -0.25) is 0 Å². The zero-order chi connectivity index (χ0) is 18.2. The van der Waals surface area contributed by atoms with Gasteiger partial charge in [-0.25, -0.2) is 9.59 Å². The molecule has 2 fully saturated rings. The van der Waals surface area contributed by atoms with Gasteiger partial charge in [0.05, 0.1) is 6.54 Å². The quantitative estimate of drug-likeness (QED) is 0.748. The van der Waals surface area contributed by atoms with Gasteiger partial charge in [0.15, 0.2) is 0 Å². The van der Waals surface area contributed by atoms with E-state index in [9.17, 15) is 9.59 Å². The van der Waals surface area contributed by atoms with Gasteiger partial charge in [0.25, 0.3) is 0 Å². The van der Waals surface area contributed by atoms with Gasteiger partial charge < -0.3 is 20.3 Å². The fourth-order valence-corrected chi connectivity index (χ4v) is 4.32. The highest BCUT2D eigenvalue weighted by Gasteiger charge is 2.41. The van der Waals surface area contributed by atoms with Crippen molar-refractivity contribution < 1.29 is 14.3 Å². The maximum Gasteiger partial charge on any atom is 0.407 e. The Bertz CT molecular complexity index is 613. The summed E-state index contributed by atoms with van der Waals surface area (Å²) >= 11 is 1.89. The van der Waals surface area contributed by atoms with Crippen molar-refractivity contribution in [2.75, 3.05) is 31.9 Å². The highest BCUT2D eigenvalue weighted by Crippen LogP contribution is 2.29. The molecule has 0 saturated carbocycles. The van der Waals surface area contributed by atoms with E-state index in [0.29, 0.717) is 32.6 Å². The molecular weight excluding hydrogens is 350 g/mol. The maximum atomic E-state index is 12.4. The lowest BCUT2D eigenvalue weighted by atomic mass is 9.95. The first-order chi connectivity index (χ1) is 12.7. The number of thioether (sulfide) groups is 1. The summed E-state index contributed by atoms with van der Waals surface area (Å²) in [6.45, 7) is 2.59. The van der Waals surface area contributed by atoms with Gasteiger partial charge in [0.1, 0.15) is 5.60 Å². The van der Waals surface area contributed by atoms with Crippen LogP contribution in [-0.4, -0.2) is 54.6 Å². The molecule has 0 radical (unpaired) electrons. The second kappa shape index (κ2) is 9.16. The molecule has 3 rings (SSSR count). The Kier molecular flexibility index (Phi) is 6.66. The molecule has 7 heteroatoms. The molecule has 0 bridgehead atoms. The minimum Gasteiger partial charge on any atom is -0.441 e. The standard InChI is InChI=1S/C19H27N3O3S/c23-17(20-10-5-13-26-14-16-6-2-1-3-7-16)22-11-4-8-19(9-12-22)15-21-18(24)25-19/h1-3,6-7H,4-5,8-15H2,(H,20,23)(H,21,24)/t19-/m1/s1. The topological polar surface area (TPSA) is 70.7 Å². The second-order valence-electron chi connectivity index (χ2n) is 6.89. The van der Waals surface area contributed by atoms with Gasteiger partial charge in [0, 0.05) is 31.8 Å². The summed E-state index contributed by atoms with van der Waals surface area (Å²) in [6, 6.07) is 10.4. The van der Waals surface area contributed by atoms with Crippen LogP contribution in [0.1, 0.15) is 31.2 Å². The van der Waals surface area contributed by atoms with Crippen molar-refractivity contribution >= 4 is 23.9 Å². The summed E-state index contributed by atoms with van der Waals surface area (Å²) in [4.78, 5) is 25.5. The first-order valence-electron chi connectivity index (χ1n) is 9.28. The summed E-state index contributed by atoms with van der Waals surface area (Å²) in [6.07, 6.45) is 2.99. The molecule has 1 aromatic carbocycles. The molecule has 2 aliphatic rings. The van der Waals surface area contributed by atoms with E-state index in [-0.39, 0.29) is 12.1 Å². The van der Waals surface area contributed by atoms with E-state index in [1.165, 1.54) is 5.56 Å². The predicted molar refractivity (Wildman–Crippen MR) is 103 cm³/mol. The first-order valence-corrected chi connectivity index (χ1v) is 10.4. The normalized spacial score (nSPS) is 22.6. The summed E-state index contributed by atoms with van der Waals surface area (Å²) in [5, 5.41) is 5.75. The van der Waals surface area contributed by atoms with E-state index in [2.05, 4.69) is 34.9 Å². The van der Waals surface area contributed by atoms with Crippen LogP contribution in [0.2, 0.25) is 0 Å². The molecule has 1 atom stereocenters. The van der Waals surface area contributed by atoms with E-state index < -0.39 is 5.60 Å². The van der Waals surface area contributed by atoms with Gasteiger partial charge in [-0.2, -0.15) is 11.8 Å². The fourth-order valence-electron chi connectivity index (χ4n) is 3.40. The molecule has 1 spiro atoms. The number of carbonyl (C=O) groups excluding carboxylic acids is 2. The minimum absolute atomic E-state index is 0.00704. The summed E-state index contributed by atoms with van der Waals surface area (Å²) in [7, 11) is 0. The van der Waals surface area contributed by atoms with E-state index >= 15 is 0 Å². The zero-order valence-corrected chi connectivity index (χ0v) is 15.9. The van der Waals surface area contributed by atoms with Crippen LogP contribution in [0.5, 0.6) is 0 Å². The van der Waals surface area contributed by atoms with Gasteiger partial charge in [-0.05, 0) is 30.6 Å². The Labute approximate surface area is 159 Å². The van der Waals surface area contributed by atoms with Crippen LogP contribution in [-0.2, 0) is 10.5 Å². The molecule has 26 heavy (non-hydrogen) atoms. The summed E-state index contributed by atoms with van der Waals surface area (Å²) in [5.74, 6) is 2.04. The van der Waals surface area contributed by atoms with E-state index in [1.54, 1.807) is 0 Å². The molecule has 2 aliphatic heterocycles. The number of hydrogen-bond donors (Lipinski definition) is 2. The minimum atomic E-state index is -0.416. The molecule has 142 valence electrons. The van der Waals surface area contributed by atoms with Crippen molar-refractivity contribution in [3.05, 3.63) is 35.9 Å². The van der Waals surface area contributed by atoms with Crippen LogP contribution in [0, 0.1) is 0 Å². The highest BCUT2D eigenvalue weighted by atomic mass is 32.2. The molecule has 0 aliphatic carbocycles. The van der Waals surface area contributed by atoms with Crippen molar-refractivity contribution in [3.63, 3.8) is 0 Å². The average molecular weight is 378 g/mol. The van der Waals surface area contributed by atoms with Crippen LogP contribution >= 0.6 is 11.8 Å². The summed E-state index contributed by atoms with van der Waals surface area (Å²) in [5.41, 5.74) is 0.919. The average Bonchev–Trinajstić information content (AvgIpc) is 2.89. The van der Waals surface area contributed by atoms with Crippen molar-refractivity contribution in [1.82, 2.24) is 15.5 Å². The number of nitrogens with one attached hydrogen (secondary N) is 2. The Morgan fingerprint density at radius 1 is 1.27 bits per heavy atom. The lowest BCUT2D eigenvalue weighted by Gasteiger charge is -2.25. The Balaban J connectivity index is 1.30. The van der Waals surface area contributed by atoms with Crippen LogP contribution in [0.25, 0.3) is 0 Å². The van der Waals surface area contributed by atoms with Gasteiger partial charge >= 0.3 is 12.1 Å². The number of urea groups is 1. The number of benzene rings is 1. The molecule has 1 aromatic rings. The fraction of sp³-hybridized carbons (Fsp3) is 0.579. The first kappa shape index (κ1) is 18.9. The van der Waals surface area contributed by atoms with Crippen molar-refractivity contribution in [1.29, 1.82) is 0 Å². The highest BCUT2D eigenvalue weighted by molar-refractivity contribution is 7.98. The molecular formula is C19H27N3O3S. The third-order valence-corrected chi connectivity index (χ3v) is 6.02. The molecule has 2 heterocycles. The molecule has 2 saturated heterocycles. The smallest absolute Gasteiger partial charge is 0.407 e. The van der Waals surface area contributed by atoms with Crippen LogP contribution in [0.4, 0.5) is 9.59 Å². The number of nitrogens with zero attached hydrogens (tertiary/aromatic N) is 1. The van der Waals surface area contributed by atoms with Gasteiger partial charge in [0.2, 0.25) is 0 Å². The monoisotopic (exact) mass is 377 g/mol. The van der Waals surface area contributed by atoms with Crippen LogP contribution in [0.3, 0.4) is 0 Å².